The molecule has 1 aromatic carbocycles. The Balaban J connectivity index is 1.65. The van der Waals surface area contributed by atoms with Gasteiger partial charge in [0.2, 0.25) is 0 Å². The number of nitrogens with zero attached hydrogens (tertiary/aromatic N) is 3. The molecule has 1 aliphatic heterocycles. The summed E-state index contributed by atoms with van der Waals surface area (Å²) in [7, 11) is 0. The molecule has 1 fully saturated rings. The molecule has 0 spiro atoms. The number of hydrazone groups is 1. The van der Waals surface area contributed by atoms with Gasteiger partial charge >= 0.3 is 0 Å². The van der Waals surface area contributed by atoms with Crippen LogP contribution in [0.5, 0.6) is 0 Å². The number of hydrogen-bond acceptors (Lipinski definition) is 4. The van der Waals surface area contributed by atoms with Gasteiger partial charge in [0.1, 0.15) is 0 Å². The van der Waals surface area contributed by atoms with Crippen LogP contribution in [-0.4, -0.2) is 54.4 Å². The van der Waals surface area contributed by atoms with Gasteiger partial charge in [0.25, 0.3) is 5.91 Å². The van der Waals surface area contributed by atoms with Gasteiger partial charge < -0.3 is 9.30 Å². The summed E-state index contributed by atoms with van der Waals surface area (Å²) in [5.74, 6) is -0.107. The number of carbonyl (C=O) groups excluding carboxylic acids is 1. The lowest BCUT2D eigenvalue weighted by atomic mass is 10.2. The van der Waals surface area contributed by atoms with Gasteiger partial charge in [-0.05, 0) is 38.1 Å². The molecule has 1 aliphatic rings. The van der Waals surface area contributed by atoms with Crippen LogP contribution in [0.25, 0.3) is 5.69 Å². The van der Waals surface area contributed by atoms with Gasteiger partial charge in [-0.15, -0.1) is 0 Å². The number of benzene rings is 1. The van der Waals surface area contributed by atoms with Crippen molar-refractivity contribution in [3.63, 3.8) is 0 Å². The summed E-state index contributed by atoms with van der Waals surface area (Å²) in [5.41, 5.74) is 6.87. The van der Waals surface area contributed by atoms with E-state index in [0.717, 1.165) is 40.2 Å². The molecule has 1 N–H and O–H groups in total. The molecular weight excluding hydrogens is 396 g/mol. The topological polar surface area (TPSA) is 58.9 Å². The molecule has 0 aliphatic carbocycles. The molecule has 0 saturated carbocycles. The van der Waals surface area contributed by atoms with E-state index in [1.54, 1.807) is 6.21 Å². The summed E-state index contributed by atoms with van der Waals surface area (Å²) < 4.78 is 8.49. The minimum absolute atomic E-state index is 0.107. The maximum Gasteiger partial charge on any atom is 0.254 e. The molecular formula is C19H23BrN4O2. The standard InChI is InChI=1S/C19H23BrN4O2/c1-14-10-16(15(2)24(14)18-5-3-4-17(20)11-18)12-21-22-19(25)13-23-6-8-26-9-7-23/h3-5,10-12H,6-9,13H2,1-2H3,(H,22,25)/b21-12-. The lowest BCUT2D eigenvalue weighted by molar-refractivity contribution is -0.123. The van der Waals surface area contributed by atoms with Crippen molar-refractivity contribution in [2.75, 3.05) is 32.8 Å². The van der Waals surface area contributed by atoms with Crippen LogP contribution in [0.1, 0.15) is 17.0 Å². The monoisotopic (exact) mass is 418 g/mol. The summed E-state index contributed by atoms with van der Waals surface area (Å²) in [6.45, 7) is 7.37. The summed E-state index contributed by atoms with van der Waals surface area (Å²) in [5, 5.41) is 4.13. The van der Waals surface area contributed by atoms with Crippen molar-refractivity contribution in [3.05, 3.63) is 51.8 Å². The number of halogens is 1. The van der Waals surface area contributed by atoms with Crippen LogP contribution in [0, 0.1) is 13.8 Å². The minimum atomic E-state index is -0.107. The van der Waals surface area contributed by atoms with Crippen molar-refractivity contribution in [1.29, 1.82) is 0 Å². The van der Waals surface area contributed by atoms with E-state index in [-0.39, 0.29) is 5.91 Å². The van der Waals surface area contributed by atoms with Crippen LogP contribution in [0.4, 0.5) is 0 Å². The van der Waals surface area contributed by atoms with Gasteiger partial charge in [-0.25, -0.2) is 5.43 Å². The Bertz CT molecular complexity index is 810. The Hall–Kier alpha value is -1.96. The van der Waals surface area contributed by atoms with E-state index in [0.29, 0.717) is 19.8 Å². The molecule has 1 aromatic heterocycles. The van der Waals surface area contributed by atoms with Crippen LogP contribution in [0.3, 0.4) is 0 Å². The average molecular weight is 419 g/mol. The first-order chi connectivity index (χ1) is 12.5. The van der Waals surface area contributed by atoms with E-state index in [9.17, 15) is 4.79 Å². The fourth-order valence-electron chi connectivity index (χ4n) is 3.10. The van der Waals surface area contributed by atoms with Crippen molar-refractivity contribution >= 4 is 28.1 Å². The van der Waals surface area contributed by atoms with E-state index >= 15 is 0 Å². The maximum absolute atomic E-state index is 12.0. The van der Waals surface area contributed by atoms with Crippen LogP contribution in [-0.2, 0) is 9.53 Å². The molecule has 0 unspecified atom stereocenters. The highest BCUT2D eigenvalue weighted by molar-refractivity contribution is 9.10. The second-order valence-corrected chi connectivity index (χ2v) is 7.24. The number of ether oxygens (including phenoxy) is 1. The highest BCUT2D eigenvalue weighted by Gasteiger charge is 2.14. The molecule has 1 amide bonds. The molecule has 26 heavy (non-hydrogen) atoms. The molecule has 2 heterocycles. The number of rotatable bonds is 5. The maximum atomic E-state index is 12.0. The summed E-state index contributed by atoms with van der Waals surface area (Å²) in [6, 6.07) is 10.2. The predicted octanol–water partition coefficient (Wildman–Crippen LogP) is 2.64. The van der Waals surface area contributed by atoms with E-state index in [1.807, 2.05) is 19.1 Å². The second-order valence-electron chi connectivity index (χ2n) is 6.32. The molecule has 1 saturated heterocycles. The zero-order valence-electron chi connectivity index (χ0n) is 15.0. The van der Waals surface area contributed by atoms with Crippen molar-refractivity contribution in [2.45, 2.75) is 13.8 Å². The van der Waals surface area contributed by atoms with E-state index in [4.69, 9.17) is 4.74 Å². The molecule has 6 nitrogen and oxygen atoms in total. The van der Waals surface area contributed by atoms with Crippen molar-refractivity contribution in [2.24, 2.45) is 5.10 Å². The molecule has 0 bridgehead atoms. The third-order valence-corrected chi connectivity index (χ3v) is 4.89. The first-order valence-corrected chi connectivity index (χ1v) is 9.41. The zero-order chi connectivity index (χ0) is 18.5. The smallest absolute Gasteiger partial charge is 0.254 e. The van der Waals surface area contributed by atoms with Crippen molar-refractivity contribution in [3.8, 4) is 5.69 Å². The quantitative estimate of drug-likeness (QED) is 0.599. The van der Waals surface area contributed by atoms with E-state index in [1.165, 1.54) is 0 Å². The van der Waals surface area contributed by atoms with E-state index < -0.39 is 0 Å². The SMILES string of the molecule is Cc1cc(/C=N\NC(=O)CN2CCOCC2)c(C)n1-c1cccc(Br)c1. The summed E-state index contributed by atoms with van der Waals surface area (Å²) in [6.07, 6.45) is 1.70. The molecule has 7 heteroatoms. The van der Waals surface area contributed by atoms with Gasteiger partial charge in [-0.3, -0.25) is 9.69 Å². The number of morpholine rings is 1. The summed E-state index contributed by atoms with van der Waals surface area (Å²) in [4.78, 5) is 14.1. The molecule has 0 radical (unpaired) electrons. The number of hydrogen-bond donors (Lipinski definition) is 1. The lowest BCUT2D eigenvalue weighted by Crippen LogP contribution is -2.42. The Labute approximate surface area is 162 Å². The highest BCUT2D eigenvalue weighted by atomic mass is 79.9. The summed E-state index contributed by atoms with van der Waals surface area (Å²) >= 11 is 3.51. The highest BCUT2D eigenvalue weighted by Crippen LogP contribution is 2.22. The van der Waals surface area contributed by atoms with Crippen LogP contribution >= 0.6 is 15.9 Å². The van der Waals surface area contributed by atoms with E-state index in [2.05, 4.69) is 61.0 Å². The zero-order valence-corrected chi connectivity index (χ0v) is 16.6. The largest absolute Gasteiger partial charge is 0.379 e. The van der Waals surface area contributed by atoms with Crippen LogP contribution < -0.4 is 5.43 Å². The molecule has 138 valence electrons. The van der Waals surface area contributed by atoms with Gasteiger partial charge in [0.15, 0.2) is 0 Å². The lowest BCUT2D eigenvalue weighted by Gasteiger charge is -2.25. The average Bonchev–Trinajstić information content (AvgIpc) is 2.89. The fraction of sp³-hybridized carbons (Fsp3) is 0.368. The van der Waals surface area contributed by atoms with Gasteiger partial charge in [-0.1, -0.05) is 22.0 Å². The molecule has 2 aromatic rings. The van der Waals surface area contributed by atoms with Gasteiger partial charge in [-0.2, -0.15) is 5.10 Å². The third kappa shape index (κ3) is 4.60. The number of amides is 1. The number of nitrogens with one attached hydrogen (secondary N) is 1. The Morgan fingerprint density at radius 3 is 2.81 bits per heavy atom. The molecule has 0 atom stereocenters. The normalized spacial score (nSPS) is 15.5. The number of carbonyl (C=O) groups is 1. The number of aromatic nitrogens is 1. The van der Waals surface area contributed by atoms with Gasteiger partial charge in [0, 0.05) is 40.2 Å². The first kappa shape index (κ1) is 18.8. The molecule has 3 rings (SSSR count). The van der Waals surface area contributed by atoms with Crippen molar-refractivity contribution in [1.82, 2.24) is 14.9 Å². The van der Waals surface area contributed by atoms with Crippen molar-refractivity contribution < 1.29 is 9.53 Å². The van der Waals surface area contributed by atoms with Gasteiger partial charge in [0.05, 0.1) is 26.0 Å². The Morgan fingerprint density at radius 1 is 1.31 bits per heavy atom. The fourth-order valence-corrected chi connectivity index (χ4v) is 3.49. The predicted molar refractivity (Wildman–Crippen MR) is 106 cm³/mol. The number of aryl methyl sites for hydroxylation is 1. The Morgan fingerprint density at radius 2 is 2.08 bits per heavy atom. The minimum Gasteiger partial charge on any atom is -0.379 e. The van der Waals surface area contributed by atoms with Crippen LogP contribution in [0.2, 0.25) is 0 Å². The third-order valence-electron chi connectivity index (χ3n) is 4.40. The first-order valence-electron chi connectivity index (χ1n) is 8.61. The second kappa shape index (κ2) is 8.62. The van der Waals surface area contributed by atoms with Crippen LogP contribution in [0.15, 0.2) is 39.9 Å². The Kier molecular flexibility index (Phi) is 6.24.